The average Bonchev–Trinajstić information content (AvgIpc) is 3.20. The molecule has 130 valence electrons. The van der Waals surface area contributed by atoms with Crippen molar-refractivity contribution in [3.63, 3.8) is 0 Å². The Kier molecular flexibility index (Phi) is 3.47. The summed E-state index contributed by atoms with van der Waals surface area (Å²) < 4.78 is 9.19. The number of nitrogens with zero attached hydrogens (tertiary/aromatic N) is 4. The molecule has 0 aliphatic rings. The van der Waals surface area contributed by atoms with Crippen LogP contribution in [0.5, 0.6) is 11.5 Å². The van der Waals surface area contributed by atoms with E-state index < -0.39 is 0 Å². The Morgan fingerprint density at radius 1 is 0.778 bits per heavy atom. The molecule has 0 unspecified atom stereocenters. The van der Waals surface area contributed by atoms with Gasteiger partial charge in [0, 0.05) is 0 Å². The van der Waals surface area contributed by atoms with Crippen LogP contribution in [0.15, 0.2) is 90.0 Å². The van der Waals surface area contributed by atoms with E-state index in [0.29, 0.717) is 22.6 Å². The Hall–Kier alpha value is -3.93. The van der Waals surface area contributed by atoms with Crippen molar-refractivity contribution in [1.29, 1.82) is 0 Å². The van der Waals surface area contributed by atoms with Gasteiger partial charge in [0.2, 0.25) is 5.78 Å². The minimum absolute atomic E-state index is 0.136. The third kappa shape index (κ3) is 2.55. The molecule has 0 N–H and O–H groups in total. The van der Waals surface area contributed by atoms with E-state index in [-0.39, 0.29) is 5.56 Å². The SMILES string of the molecule is O=c1c2ccccc2n2cnnc2n1-c1ccc(Oc2ccccc2)cc1. The van der Waals surface area contributed by atoms with Gasteiger partial charge in [0.1, 0.15) is 17.8 Å². The molecule has 0 amide bonds. The Labute approximate surface area is 153 Å². The largest absolute Gasteiger partial charge is 0.457 e. The zero-order chi connectivity index (χ0) is 18.2. The second kappa shape index (κ2) is 6.10. The van der Waals surface area contributed by atoms with Crippen LogP contribution in [0, 0.1) is 0 Å². The lowest BCUT2D eigenvalue weighted by atomic mass is 10.2. The minimum atomic E-state index is -0.136. The molecule has 6 nitrogen and oxygen atoms in total. The van der Waals surface area contributed by atoms with E-state index in [1.165, 1.54) is 0 Å². The lowest BCUT2D eigenvalue weighted by Crippen LogP contribution is -2.21. The molecule has 5 aromatic rings. The van der Waals surface area contributed by atoms with Crippen molar-refractivity contribution in [3.05, 3.63) is 95.5 Å². The van der Waals surface area contributed by atoms with Gasteiger partial charge in [-0.2, -0.15) is 0 Å². The highest BCUT2D eigenvalue weighted by Gasteiger charge is 2.13. The van der Waals surface area contributed by atoms with Crippen LogP contribution in [0.2, 0.25) is 0 Å². The monoisotopic (exact) mass is 354 g/mol. The highest BCUT2D eigenvalue weighted by atomic mass is 16.5. The molecule has 0 saturated heterocycles. The number of para-hydroxylation sites is 2. The normalized spacial score (nSPS) is 11.1. The fourth-order valence-electron chi connectivity index (χ4n) is 3.15. The van der Waals surface area contributed by atoms with Crippen molar-refractivity contribution in [3.8, 4) is 17.2 Å². The molecule has 0 spiro atoms. The van der Waals surface area contributed by atoms with Gasteiger partial charge in [-0.15, -0.1) is 10.2 Å². The summed E-state index contributed by atoms with van der Waals surface area (Å²) >= 11 is 0. The number of ether oxygens (including phenoxy) is 1. The number of fused-ring (bicyclic) bond motifs is 3. The van der Waals surface area contributed by atoms with Crippen LogP contribution in [0.1, 0.15) is 0 Å². The molecular weight excluding hydrogens is 340 g/mol. The van der Waals surface area contributed by atoms with Crippen molar-refractivity contribution in [1.82, 2.24) is 19.2 Å². The van der Waals surface area contributed by atoms with Crippen LogP contribution in [-0.4, -0.2) is 19.2 Å². The van der Waals surface area contributed by atoms with E-state index in [2.05, 4.69) is 10.2 Å². The van der Waals surface area contributed by atoms with Gasteiger partial charge in [-0.3, -0.25) is 9.20 Å². The number of hydrogen-bond donors (Lipinski definition) is 0. The van der Waals surface area contributed by atoms with Gasteiger partial charge in [-0.05, 0) is 48.5 Å². The highest BCUT2D eigenvalue weighted by molar-refractivity contribution is 5.80. The van der Waals surface area contributed by atoms with Gasteiger partial charge in [-0.1, -0.05) is 30.3 Å². The molecule has 2 aromatic heterocycles. The lowest BCUT2D eigenvalue weighted by Gasteiger charge is -2.11. The average molecular weight is 354 g/mol. The summed E-state index contributed by atoms with van der Waals surface area (Å²) in [5.41, 5.74) is 1.34. The van der Waals surface area contributed by atoms with Crippen molar-refractivity contribution >= 4 is 16.7 Å². The van der Waals surface area contributed by atoms with Gasteiger partial charge < -0.3 is 4.74 Å². The third-order valence-corrected chi connectivity index (χ3v) is 4.40. The van der Waals surface area contributed by atoms with Gasteiger partial charge in [-0.25, -0.2) is 4.57 Å². The number of hydrogen-bond acceptors (Lipinski definition) is 4. The molecule has 5 rings (SSSR count). The van der Waals surface area contributed by atoms with E-state index in [9.17, 15) is 4.79 Å². The number of benzene rings is 3. The summed E-state index contributed by atoms with van der Waals surface area (Å²) in [4.78, 5) is 13.1. The maximum absolute atomic E-state index is 13.1. The summed E-state index contributed by atoms with van der Waals surface area (Å²) in [6.07, 6.45) is 1.61. The number of aromatic nitrogens is 4. The van der Waals surface area contributed by atoms with Crippen molar-refractivity contribution in [2.24, 2.45) is 0 Å². The van der Waals surface area contributed by atoms with Crippen molar-refractivity contribution in [2.45, 2.75) is 0 Å². The van der Waals surface area contributed by atoms with Crippen LogP contribution in [0.3, 0.4) is 0 Å². The van der Waals surface area contributed by atoms with Crippen LogP contribution in [-0.2, 0) is 0 Å². The minimum Gasteiger partial charge on any atom is -0.457 e. The first kappa shape index (κ1) is 15.3. The van der Waals surface area contributed by atoms with E-state index in [1.807, 2.05) is 77.2 Å². The van der Waals surface area contributed by atoms with E-state index in [1.54, 1.807) is 17.0 Å². The van der Waals surface area contributed by atoms with E-state index in [4.69, 9.17) is 4.74 Å². The maximum atomic E-state index is 13.1. The number of rotatable bonds is 3. The van der Waals surface area contributed by atoms with Crippen molar-refractivity contribution < 1.29 is 4.74 Å². The summed E-state index contributed by atoms with van der Waals surface area (Å²) in [5, 5.41) is 8.73. The van der Waals surface area contributed by atoms with E-state index in [0.717, 1.165) is 11.3 Å². The fourth-order valence-corrected chi connectivity index (χ4v) is 3.15. The standard InChI is InChI=1S/C21H14N4O2/c26-20-18-8-4-5-9-19(18)24-14-22-23-21(24)25(20)15-10-12-17(13-11-15)27-16-6-2-1-3-7-16/h1-14H. The molecule has 0 aliphatic heterocycles. The molecule has 0 fully saturated rings. The van der Waals surface area contributed by atoms with Crippen molar-refractivity contribution in [2.75, 3.05) is 0 Å². The summed E-state index contributed by atoms with van der Waals surface area (Å²) in [5.74, 6) is 1.92. The van der Waals surface area contributed by atoms with Crippen LogP contribution < -0.4 is 10.3 Å². The Morgan fingerprint density at radius 2 is 1.48 bits per heavy atom. The second-order valence-electron chi connectivity index (χ2n) is 6.07. The Morgan fingerprint density at radius 3 is 2.30 bits per heavy atom. The molecule has 0 radical (unpaired) electrons. The molecule has 0 saturated carbocycles. The topological polar surface area (TPSA) is 61.4 Å². The highest BCUT2D eigenvalue weighted by Crippen LogP contribution is 2.23. The molecule has 0 aliphatic carbocycles. The fraction of sp³-hybridized carbons (Fsp3) is 0. The predicted octanol–water partition coefficient (Wildman–Crippen LogP) is 3.83. The molecule has 6 heteroatoms. The quantitative estimate of drug-likeness (QED) is 0.494. The molecule has 0 atom stereocenters. The Bertz CT molecular complexity index is 1310. The second-order valence-corrected chi connectivity index (χ2v) is 6.07. The molecule has 3 aromatic carbocycles. The molecule has 2 heterocycles. The van der Waals surface area contributed by atoms with Gasteiger partial charge in [0.05, 0.1) is 16.6 Å². The molecular formula is C21H14N4O2. The first-order chi connectivity index (χ1) is 13.3. The summed E-state index contributed by atoms with van der Waals surface area (Å²) in [6, 6.07) is 24.3. The smallest absolute Gasteiger partial charge is 0.267 e. The van der Waals surface area contributed by atoms with Crippen LogP contribution in [0.25, 0.3) is 22.4 Å². The summed E-state index contributed by atoms with van der Waals surface area (Å²) in [6.45, 7) is 0. The van der Waals surface area contributed by atoms with Crippen LogP contribution in [0.4, 0.5) is 0 Å². The molecule has 0 bridgehead atoms. The maximum Gasteiger partial charge on any atom is 0.267 e. The first-order valence-electron chi connectivity index (χ1n) is 8.48. The lowest BCUT2D eigenvalue weighted by molar-refractivity contribution is 0.482. The van der Waals surface area contributed by atoms with Gasteiger partial charge in [0.25, 0.3) is 5.56 Å². The zero-order valence-corrected chi connectivity index (χ0v) is 14.2. The Balaban J connectivity index is 1.64. The summed E-state index contributed by atoms with van der Waals surface area (Å²) in [7, 11) is 0. The van der Waals surface area contributed by atoms with Gasteiger partial charge >= 0.3 is 0 Å². The van der Waals surface area contributed by atoms with E-state index >= 15 is 0 Å². The zero-order valence-electron chi connectivity index (χ0n) is 14.2. The van der Waals surface area contributed by atoms with Gasteiger partial charge in [0.15, 0.2) is 0 Å². The third-order valence-electron chi connectivity index (χ3n) is 4.40. The van der Waals surface area contributed by atoms with Crippen LogP contribution >= 0.6 is 0 Å². The molecule has 27 heavy (non-hydrogen) atoms. The predicted molar refractivity (Wildman–Crippen MR) is 103 cm³/mol. The first-order valence-corrected chi connectivity index (χ1v) is 8.48.